The zero-order chi connectivity index (χ0) is 13.0. The number of phenols is 1. The summed E-state index contributed by atoms with van der Waals surface area (Å²) in [6.45, 7) is 0. The highest BCUT2D eigenvalue weighted by Crippen LogP contribution is 2.23. The van der Waals surface area contributed by atoms with Crippen LogP contribution in [0.1, 0.15) is 31.2 Å². The van der Waals surface area contributed by atoms with E-state index in [4.69, 9.17) is 4.74 Å². The third kappa shape index (κ3) is 3.23. The highest BCUT2D eigenvalue weighted by molar-refractivity contribution is 5.84. The molecule has 1 saturated carbocycles. The van der Waals surface area contributed by atoms with E-state index in [-0.39, 0.29) is 17.9 Å². The fraction of sp³-hybridized carbons (Fsp3) is 0.500. The number of hydrogen-bond acceptors (Lipinski definition) is 4. The fourth-order valence-electron chi connectivity index (χ4n) is 2.16. The van der Waals surface area contributed by atoms with Crippen molar-refractivity contribution in [3.8, 4) is 11.5 Å². The maximum Gasteiger partial charge on any atom is 0.124 e. The molecule has 0 spiro atoms. The molecular formula is C14H19NO3. The molecule has 98 valence electrons. The number of aliphatic hydroxyl groups is 1. The monoisotopic (exact) mass is 249 g/mol. The normalized spacial score (nSPS) is 24.3. The Morgan fingerprint density at radius 3 is 2.67 bits per heavy atom. The molecule has 1 aliphatic carbocycles. The van der Waals surface area contributed by atoms with E-state index >= 15 is 0 Å². The first-order chi connectivity index (χ1) is 8.69. The van der Waals surface area contributed by atoms with Gasteiger partial charge in [0.25, 0.3) is 0 Å². The van der Waals surface area contributed by atoms with Crippen LogP contribution in [-0.2, 0) is 0 Å². The van der Waals surface area contributed by atoms with Crippen molar-refractivity contribution in [1.82, 2.24) is 0 Å². The second-order valence-corrected chi connectivity index (χ2v) is 4.67. The lowest BCUT2D eigenvalue weighted by molar-refractivity contribution is 0.123. The SMILES string of the molecule is COc1ccc(O)c(C=NC2CCC(O)CC2)c1. The molecule has 4 heteroatoms. The first-order valence-electron chi connectivity index (χ1n) is 6.27. The van der Waals surface area contributed by atoms with Crippen LogP contribution >= 0.6 is 0 Å². The molecule has 18 heavy (non-hydrogen) atoms. The average Bonchev–Trinajstić information content (AvgIpc) is 2.40. The predicted octanol–water partition coefficient (Wildman–Crippen LogP) is 2.12. The van der Waals surface area contributed by atoms with E-state index in [0.717, 1.165) is 25.7 Å². The zero-order valence-corrected chi connectivity index (χ0v) is 10.5. The Kier molecular flexibility index (Phi) is 4.20. The summed E-state index contributed by atoms with van der Waals surface area (Å²) in [7, 11) is 1.59. The average molecular weight is 249 g/mol. The second-order valence-electron chi connectivity index (χ2n) is 4.67. The summed E-state index contributed by atoms with van der Waals surface area (Å²) in [6.07, 6.45) is 4.96. The number of rotatable bonds is 3. The Hall–Kier alpha value is -1.55. The Labute approximate surface area is 107 Å². The van der Waals surface area contributed by atoms with Crippen molar-refractivity contribution in [3.63, 3.8) is 0 Å². The van der Waals surface area contributed by atoms with E-state index in [2.05, 4.69) is 4.99 Å². The van der Waals surface area contributed by atoms with E-state index in [1.807, 2.05) is 0 Å². The van der Waals surface area contributed by atoms with E-state index in [0.29, 0.717) is 11.3 Å². The number of aromatic hydroxyl groups is 1. The number of nitrogens with zero attached hydrogens (tertiary/aromatic N) is 1. The lowest BCUT2D eigenvalue weighted by Gasteiger charge is -2.22. The van der Waals surface area contributed by atoms with Gasteiger partial charge in [-0.2, -0.15) is 0 Å². The van der Waals surface area contributed by atoms with E-state index in [1.54, 1.807) is 31.5 Å². The van der Waals surface area contributed by atoms with E-state index in [9.17, 15) is 10.2 Å². The van der Waals surface area contributed by atoms with Crippen molar-refractivity contribution in [1.29, 1.82) is 0 Å². The molecule has 0 bridgehead atoms. The van der Waals surface area contributed by atoms with Crippen molar-refractivity contribution in [3.05, 3.63) is 23.8 Å². The van der Waals surface area contributed by atoms with Crippen molar-refractivity contribution >= 4 is 6.21 Å². The highest BCUT2D eigenvalue weighted by Gasteiger charge is 2.17. The molecule has 4 nitrogen and oxygen atoms in total. The Balaban J connectivity index is 2.04. The molecule has 1 aromatic carbocycles. The maximum atomic E-state index is 9.72. The van der Waals surface area contributed by atoms with Crippen LogP contribution in [0, 0.1) is 0 Å². The minimum Gasteiger partial charge on any atom is -0.507 e. The topological polar surface area (TPSA) is 62.0 Å². The van der Waals surface area contributed by atoms with Gasteiger partial charge in [-0.3, -0.25) is 4.99 Å². The molecule has 0 unspecified atom stereocenters. The maximum absolute atomic E-state index is 9.72. The second kappa shape index (κ2) is 5.87. The summed E-state index contributed by atoms with van der Waals surface area (Å²) in [5, 5.41) is 19.1. The molecule has 2 rings (SSSR count). The molecule has 0 aromatic heterocycles. The van der Waals surface area contributed by atoms with Crippen LogP contribution < -0.4 is 4.74 Å². The highest BCUT2D eigenvalue weighted by atomic mass is 16.5. The summed E-state index contributed by atoms with van der Waals surface area (Å²) in [4.78, 5) is 4.47. The molecular weight excluding hydrogens is 230 g/mol. The molecule has 0 atom stereocenters. The van der Waals surface area contributed by atoms with Crippen LogP contribution in [0.15, 0.2) is 23.2 Å². The van der Waals surface area contributed by atoms with Crippen molar-refractivity contribution in [2.45, 2.75) is 37.8 Å². The summed E-state index contributed by atoms with van der Waals surface area (Å²) in [5.41, 5.74) is 0.667. The zero-order valence-electron chi connectivity index (χ0n) is 10.5. The van der Waals surface area contributed by atoms with Crippen LogP contribution in [0.3, 0.4) is 0 Å². The fourth-order valence-corrected chi connectivity index (χ4v) is 2.16. The van der Waals surface area contributed by atoms with Gasteiger partial charge in [0, 0.05) is 11.8 Å². The van der Waals surface area contributed by atoms with Gasteiger partial charge < -0.3 is 14.9 Å². The summed E-state index contributed by atoms with van der Waals surface area (Å²) >= 11 is 0. The lowest BCUT2D eigenvalue weighted by Crippen LogP contribution is -2.20. The van der Waals surface area contributed by atoms with Crippen molar-refractivity contribution < 1.29 is 14.9 Å². The first kappa shape index (κ1) is 12.9. The minimum atomic E-state index is -0.165. The Morgan fingerprint density at radius 2 is 2.00 bits per heavy atom. The van der Waals surface area contributed by atoms with Gasteiger partial charge in [-0.05, 0) is 43.9 Å². The summed E-state index contributed by atoms with van der Waals surface area (Å²) in [5.74, 6) is 0.906. The van der Waals surface area contributed by atoms with Gasteiger partial charge in [0.15, 0.2) is 0 Å². The smallest absolute Gasteiger partial charge is 0.124 e. The van der Waals surface area contributed by atoms with Crippen LogP contribution in [0.5, 0.6) is 11.5 Å². The standard InChI is InChI=1S/C14H19NO3/c1-18-13-6-7-14(17)10(8-13)9-15-11-2-4-12(16)5-3-11/h6-9,11-12,16-17H,2-5H2,1H3. The van der Waals surface area contributed by atoms with Crippen LogP contribution in [0.2, 0.25) is 0 Å². The van der Waals surface area contributed by atoms with E-state index < -0.39 is 0 Å². The molecule has 0 radical (unpaired) electrons. The number of aliphatic imine (C=N–C) groups is 1. The molecule has 1 fully saturated rings. The van der Waals surface area contributed by atoms with Crippen LogP contribution in [0.25, 0.3) is 0 Å². The van der Waals surface area contributed by atoms with Gasteiger partial charge in [-0.15, -0.1) is 0 Å². The van der Waals surface area contributed by atoms with Crippen LogP contribution in [-0.4, -0.2) is 35.7 Å². The number of aliphatic hydroxyl groups excluding tert-OH is 1. The number of hydrogen-bond donors (Lipinski definition) is 2. The Morgan fingerprint density at radius 1 is 1.28 bits per heavy atom. The number of methoxy groups -OCH3 is 1. The molecule has 1 aromatic rings. The third-order valence-corrected chi connectivity index (χ3v) is 3.33. The largest absolute Gasteiger partial charge is 0.507 e. The van der Waals surface area contributed by atoms with Gasteiger partial charge in [0.2, 0.25) is 0 Å². The van der Waals surface area contributed by atoms with Gasteiger partial charge in [0.1, 0.15) is 11.5 Å². The molecule has 0 aliphatic heterocycles. The Bertz CT molecular complexity index is 423. The van der Waals surface area contributed by atoms with Gasteiger partial charge in [0.05, 0.1) is 19.3 Å². The lowest BCUT2D eigenvalue weighted by atomic mass is 9.93. The minimum absolute atomic E-state index is 0.165. The molecule has 0 amide bonds. The summed E-state index contributed by atoms with van der Waals surface area (Å²) < 4.78 is 5.11. The summed E-state index contributed by atoms with van der Waals surface area (Å²) in [6, 6.07) is 5.32. The number of ether oxygens (including phenoxy) is 1. The van der Waals surface area contributed by atoms with Gasteiger partial charge in [-0.25, -0.2) is 0 Å². The van der Waals surface area contributed by atoms with Crippen LogP contribution in [0.4, 0.5) is 0 Å². The van der Waals surface area contributed by atoms with Gasteiger partial charge >= 0.3 is 0 Å². The predicted molar refractivity (Wildman–Crippen MR) is 70.5 cm³/mol. The van der Waals surface area contributed by atoms with Crippen molar-refractivity contribution in [2.75, 3.05) is 7.11 Å². The third-order valence-electron chi connectivity index (χ3n) is 3.33. The molecule has 1 aliphatic rings. The molecule has 0 heterocycles. The number of benzene rings is 1. The molecule has 2 N–H and O–H groups in total. The van der Waals surface area contributed by atoms with Crippen molar-refractivity contribution in [2.24, 2.45) is 4.99 Å². The van der Waals surface area contributed by atoms with E-state index in [1.165, 1.54) is 0 Å². The first-order valence-corrected chi connectivity index (χ1v) is 6.27. The molecule has 0 saturated heterocycles. The number of phenolic OH excluding ortho intramolecular Hbond substituents is 1. The van der Waals surface area contributed by atoms with Gasteiger partial charge in [-0.1, -0.05) is 0 Å². The quantitative estimate of drug-likeness (QED) is 0.807.